The van der Waals surface area contributed by atoms with Crippen molar-refractivity contribution in [1.82, 2.24) is 0 Å². The molecular formula is C18H20FNO2. The summed E-state index contributed by atoms with van der Waals surface area (Å²) < 4.78 is 25.1. The van der Waals surface area contributed by atoms with Crippen molar-refractivity contribution in [1.29, 1.82) is 0 Å². The number of anilines is 1. The highest BCUT2D eigenvalue weighted by Crippen LogP contribution is 2.25. The van der Waals surface area contributed by atoms with E-state index in [2.05, 4.69) is 5.32 Å². The van der Waals surface area contributed by atoms with E-state index < -0.39 is 0 Å². The minimum atomic E-state index is -0.201. The smallest absolute Gasteiger partial charge is 0.142 e. The van der Waals surface area contributed by atoms with Crippen LogP contribution in [0.1, 0.15) is 18.4 Å². The van der Waals surface area contributed by atoms with Gasteiger partial charge in [0.05, 0.1) is 11.8 Å². The minimum absolute atomic E-state index is 0.180. The van der Waals surface area contributed by atoms with Gasteiger partial charge in [-0.2, -0.15) is 0 Å². The third-order valence-electron chi connectivity index (χ3n) is 3.76. The summed E-state index contributed by atoms with van der Waals surface area (Å²) >= 11 is 0. The van der Waals surface area contributed by atoms with Crippen molar-refractivity contribution >= 4 is 5.69 Å². The van der Waals surface area contributed by atoms with Crippen LogP contribution in [0.5, 0.6) is 5.75 Å². The average Bonchev–Trinajstić information content (AvgIpc) is 3.06. The molecule has 3 nitrogen and oxygen atoms in total. The van der Waals surface area contributed by atoms with Gasteiger partial charge in [0, 0.05) is 18.7 Å². The maximum Gasteiger partial charge on any atom is 0.142 e. The molecule has 116 valence electrons. The molecule has 1 atom stereocenters. The first-order chi connectivity index (χ1) is 10.8. The van der Waals surface area contributed by atoms with E-state index in [9.17, 15) is 4.39 Å². The summed E-state index contributed by atoms with van der Waals surface area (Å²) in [7, 11) is 0. The van der Waals surface area contributed by atoms with Gasteiger partial charge in [-0.1, -0.05) is 30.3 Å². The number of hydrogen-bond acceptors (Lipinski definition) is 3. The standard InChI is InChI=1S/C18H20FNO2/c19-16-8-2-1-6-14(16)12-20-17-9-3-4-10-18(17)22-13-15-7-5-11-21-15/h1-4,6,8-10,15,20H,5,7,11-13H2/t15-/m1/s1. The van der Waals surface area contributed by atoms with Gasteiger partial charge in [-0.3, -0.25) is 0 Å². The molecular weight excluding hydrogens is 281 g/mol. The quantitative estimate of drug-likeness (QED) is 0.875. The summed E-state index contributed by atoms with van der Waals surface area (Å²) in [5.74, 6) is 0.571. The Balaban J connectivity index is 1.62. The molecule has 3 rings (SSSR count). The molecule has 4 heteroatoms. The van der Waals surface area contributed by atoms with Crippen LogP contribution in [-0.4, -0.2) is 19.3 Å². The first kappa shape index (κ1) is 14.9. The van der Waals surface area contributed by atoms with Crippen LogP contribution in [0.3, 0.4) is 0 Å². The van der Waals surface area contributed by atoms with Crippen molar-refractivity contribution in [3.05, 3.63) is 59.9 Å². The van der Waals surface area contributed by atoms with Crippen LogP contribution in [-0.2, 0) is 11.3 Å². The maximum absolute atomic E-state index is 13.7. The van der Waals surface area contributed by atoms with Gasteiger partial charge in [0.2, 0.25) is 0 Å². The van der Waals surface area contributed by atoms with Crippen molar-refractivity contribution < 1.29 is 13.9 Å². The van der Waals surface area contributed by atoms with Crippen molar-refractivity contribution in [2.45, 2.75) is 25.5 Å². The number of benzene rings is 2. The van der Waals surface area contributed by atoms with E-state index in [1.165, 1.54) is 6.07 Å². The summed E-state index contributed by atoms with van der Waals surface area (Å²) in [4.78, 5) is 0. The second-order valence-corrected chi connectivity index (χ2v) is 5.39. The normalized spacial score (nSPS) is 17.4. The van der Waals surface area contributed by atoms with Gasteiger partial charge in [-0.15, -0.1) is 0 Å². The molecule has 1 saturated heterocycles. The molecule has 0 amide bonds. The van der Waals surface area contributed by atoms with Gasteiger partial charge < -0.3 is 14.8 Å². The SMILES string of the molecule is Fc1ccccc1CNc1ccccc1OC[C@H]1CCCO1. The Morgan fingerprint density at radius 3 is 2.77 bits per heavy atom. The molecule has 0 spiro atoms. The van der Waals surface area contributed by atoms with E-state index in [1.807, 2.05) is 30.3 Å². The molecule has 0 radical (unpaired) electrons. The molecule has 1 N–H and O–H groups in total. The summed E-state index contributed by atoms with van der Waals surface area (Å²) in [6.45, 7) is 1.80. The van der Waals surface area contributed by atoms with Crippen molar-refractivity contribution in [3.63, 3.8) is 0 Å². The van der Waals surface area contributed by atoms with Crippen LogP contribution in [0.2, 0.25) is 0 Å². The van der Waals surface area contributed by atoms with Crippen LogP contribution in [0, 0.1) is 5.82 Å². The van der Waals surface area contributed by atoms with Gasteiger partial charge in [0.1, 0.15) is 18.2 Å². The lowest BCUT2D eigenvalue weighted by atomic mass is 10.2. The number of nitrogens with one attached hydrogen (secondary N) is 1. The van der Waals surface area contributed by atoms with E-state index >= 15 is 0 Å². The molecule has 1 heterocycles. The Kier molecular flexibility index (Phi) is 4.91. The number of ether oxygens (including phenoxy) is 2. The molecule has 0 aromatic heterocycles. The molecule has 0 aliphatic carbocycles. The third kappa shape index (κ3) is 3.77. The molecule has 1 fully saturated rings. The topological polar surface area (TPSA) is 30.5 Å². The number of hydrogen-bond donors (Lipinski definition) is 1. The largest absolute Gasteiger partial charge is 0.489 e. The van der Waals surface area contributed by atoms with Crippen molar-refractivity contribution in [3.8, 4) is 5.75 Å². The first-order valence-electron chi connectivity index (χ1n) is 7.63. The van der Waals surface area contributed by atoms with Crippen LogP contribution in [0.25, 0.3) is 0 Å². The Hall–Kier alpha value is -2.07. The predicted octanol–water partition coefficient (Wildman–Crippen LogP) is 4.00. The number of halogens is 1. The van der Waals surface area contributed by atoms with Crippen LogP contribution >= 0.6 is 0 Å². The van der Waals surface area contributed by atoms with E-state index in [-0.39, 0.29) is 11.9 Å². The highest BCUT2D eigenvalue weighted by atomic mass is 19.1. The fraction of sp³-hybridized carbons (Fsp3) is 0.333. The second-order valence-electron chi connectivity index (χ2n) is 5.39. The minimum Gasteiger partial charge on any atom is -0.489 e. The molecule has 0 saturated carbocycles. The molecule has 0 bridgehead atoms. The van der Waals surface area contributed by atoms with E-state index in [0.717, 1.165) is 30.9 Å². The van der Waals surface area contributed by atoms with Gasteiger partial charge in [-0.05, 0) is 31.0 Å². The highest BCUT2D eigenvalue weighted by molar-refractivity contribution is 5.56. The third-order valence-corrected chi connectivity index (χ3v) is 3.76. The van der Waals surface area contributed by atoms with E-state index in [0.29, 0.717) is 18.7 Å². The van der Waals surface area contributed by atoms with Crippen LogP contribution in [0.15, 0.2) is 48.5 Å². The lowest BCUT2D eigenvalue weighted by molar-refractivity contribution is 0.0682. The Bertz CT molecular complexity index is 612. The van der Waals surface area contributed by atoms with E-state index in [1.54, 1.807) is 12.1 Å². The Morgan fingerprint density at radius 2 is 1.95 bits per heavy atom. The van der Waals surface area contributed by atoms with Crippen LogP contribution in [0.4, 0.5) is 10.1 Å². The molecule has 2 aromatic carbocycles. The van der Waals surface area contributed by atoms with Gasteiger partial charge >= 0.3 is 0 Å². The Labute approximate surface area is 130 Å². The van der Waals surface area contributed by atoms with Crippen molar-refractivity contribution in [2.24, 2.45) is 0 Å². The number of rotatable bonds is 6. The molecule has 1 aliphatic rings. The van der Waals surface area contributed by atoms with Crippen molar-refractivity contribution in [2.75, 3.05) is 18.5 Å². The molecule has 1 aliphatic heterocycles. The predicted molar refractivity (Wildman–Crippen MR) is 84.6 cm³/mol. The summed E-state index contributed by atoms with van der Waals surface area (Å²) in [6.07, 6.45) is 2.33. The fourth-order valence-corrected chi connectivity index (χ4v) is 2.53. The fourth-order valence-electron chi connectivity index (χ4n) is 2.53. The summed E-state index contributed by atoms with van der Waals surface area (Å²) in [6, 6.07) is 14.5. The summed E-state index contributed by atoms with van der Waals surface area (Å²) in [5, 5.41) is 3.24. The van der Waals surface area contributed by atoms with Gasteiger partial charge in [0.15, 0.2) is 0 Å². The summed E-state index contributed by atoms with van der Waals surface area (Å²) in [5.41, 5.74) is 1.50. The molecule has 22 heavy (non-hydrogen) atoms. The molecule has 0 unspecified atom stereocenters. The zero-order chi connectivity index (χ0) is 15.2. The van der Waals surface area contributed by atoms with Crippen LogP contribution < -0.4 is 10.1 Å². The zero-order valence-corrected chi connectivity index (χ0v) is 12.4. The Morgan fingerprint density at radius 1 is 1.14 bits per heavy atom. The zero-order valence-electron chi connectivity index (χ0n) is 12.4. The lowest BCUT2D eigenvalue weighted by Gasteiger charge is -2.16. The lowest BCUT2D eigenvalue weighted by Crippen LogP contribution is -2.17. The maximum atomic E-state index is 13.7. The average molecular weight is 301 g/mol. The monoisotopic (exact) mass is 301 g/mol. The number of para-hydroxylation sites is 2. The second kappa shape index (κ2) is 7.27. The first-order valence-corrected chi connectivity index (χ1v) is 7.63. The van der Waals surface area contributed by atoms with Gasteiger partial charge in [0.25, 0.3) is 0 Å². The van der Waals surface area contributed by atoms with Gasteiger partial charge in [-0.25, -0.2) is 4.39 Å². The molecule has 2 aromatic rings. The van der Waals surface area contributed by atoms with E-state index in [4.69, 9.17) is 9.47 Å². The highest BCUT2D eigenvalue weighted by Gasteiger charge is 2.16.